The highest BCUT2D eigenvalue weighted by molar-refractivity contribution is 7.99. The van der Waals surface area contributed by atoms with Gasteiger partial charge in [0, 0.05) is 0 Å². The Morgan fingerprint density at radius 1 is 1.28 bits per heavy atom. The van der Waals surface area contributed by atoms with Crippen LogP contribution in [0, 0.1) is 6.92 Å². The Morgan fingerprint density at radius 3 is 2.86 bits per heavy atom. The predicted octanol–water partition coefficient (Wildman–Crippen LogP) is 2.09. The van der Waals surface area contributed by atoms with Crippen molar-refractivity contribution >= 4 is 34.9 Å². The molecule has 0 unspecified atom stereocenters. The molecule has 3 aromatic rings. The van der Waals surface area contributed by atoms with Gasteiger partial charge in [0.25, 0.3) is 0 Å². The number of ether oxygens (including phenoxy) is 1. The van der Waals surface area contributed by atoms with Gasteiger partial charge < -0.3 is 15.8 Å². The van der Waals surface area contributed by atoms with Crippen molar-refractivity contribution in [3.8, 4) is 16.5 Å². The summed E-state index contributed by atoms with van der Waals surface area (Å²) in [5.74, 6) is 0.824. The Kier molecular flexibility index (Phi) is 7.25. The SMILES string of the molecule is Cc1cccc(OCCNC(=O)CSc2nnc(-c3cccs3)n2CC(N)=O)c1. The van der Waals surface area contributed by atoms with Gasteiger partial charge in [0.1, 0.15) is 18.9 Å². The molecular weight excluding hydrogens is 410 g/mol. The molecule has 29 heavy (non-hydrogen) atoms. The standard InChI is InChI=1S/C19H21N5O3S2/c1-13-4-2-5-14(10-13)27-8-7-21-17(26)12-29-19-23-22-18(15-6-3-9-28-15)24(19)11-16(20)25/h2-6,9-10H,7-8,11-12H2,1H3,(H2,20,25)(H,21,26). The fourth-order valence-electron chi connectivity index (χ4n) is 2.53. The number of amides is 2. The van der Waals surface area contributed by atoms with Gasteiger partial charge >= 0.3 is 0 Å². The molecule has 8 nitrogen and oxygen atoms in total. The minimum absolute atomic E-state index is 0.0471. The summed E-state index contributed by atoms with van der Waals surface area (Å²) in [6.07, 6.45) is 0. The maximum atomic E-state index is 12.1. The number of rotatable bonds is 10. The van der Waals surface area contributed by atoms with Crippen LogP contribution in [0.3, 0.4) is 0 Å². The number of benzene rings is 1. The lowest BCUT2D eigenvalue weighted by atomic mass is 10.2. The van der Waals surface area contributed by atoms with Gasteiger partial charge in [0.15, 0.2) is 11.0 Å². The molecule has 10 heteroatoms. The Morgan fingerprint density at radius 2 is 2.14 bits per heavy atom. The number of primary amides is 1. The topological polar surface area (TPSA) is 112 Å². The molecule has 3 rings (SSSR count). The third-order valence-corrected chi connectivity index (χ3v) is 5.62. The number of nitrogens with zero attached hydrogens (tertiary/aromatic N) is 3. The van der Waals surface area contributed by atoms with Crippen LogP contribution in [0.2, 0.25) is 0 Å². The van der Waals surface area contributed by atoms with Crippen LogP contribution in [0.25, 0.3) is 10.7 Å². The molecule has 0 spiro atoms. The third-order valence-electron chi connectivity index (χ3n) is 3.79. The number of hydrogen-bond acceptors (Lipinski definition) is 7. The number of carbonyl (C=O) groups is 2. The quantitative estimate of drug-likeness (QED) is 0.375. The van der Waals surface area contributed by atoms with Gasteiger partial charge in [-0.05, 0) is 36.1 Å². The van der Waals surface area contributed by atoms with E-state index >= 15 is 0 Å². The number of carbonyl (C=O) groups excluding carboxylic acids is 2. The average Bonchev–Trinajstić information content (AvgIpc) is 3.33. The van der Waals surface area contributed by atoms with Crippen molar-refractivity contribution in [1.82, 2.24) is 20.1 Å². The Labute approximate surface area is 176 Å². The number of thioether (sulfide) groups is 1. The Bertz CT molecular complexity index is 972. The highest BCUT2D eigenvalue weighted by Crippen LogP contribution is 2.27. The summed E-state index contributed by atoms with van der Waals surface area (Å²) in [6, 6.07) is 11.5. The highest BCUT2D eigenvalue weighted by atomic mass is 32.2. The molecule has 3 N–H and O–H groups in total. The maximum Gasteiger partial charge on any atom is 0.237 e. The van der Waals surface area contributed by atoms with Crippen LogP contribution in [-0.4, -0.2) is 45.5 Å². The Hall–Kier alpha value is -2.85. The van der Waals surface area contributed by atoms with Gasteiger partial charge in [-0.2, -0.15) is 0 Å². The van der Waals surface area contributed by atoms with Crippen LogP contribution in [0.4, 0.5) is 0 Å². The molecule has 1 aromatic carbocycles. The minimum Gasteiger partial charge on any atom is -0.492 e. The van der Waals surface area contributed by atoms with E-state index in [0.717, 1.165) is 16.2 Å². The zero-order chi connectivity index (χ0) is 20.6. The van der Waals surface area contributed by atoms with Crippen molar-refractivity contribution in [2.75, 3.05) is 18.9 Å². The van der Waals surface area contributed by atoms with Crippen LogP contribution in [-0.2, 0) is 16.1 Å². The molecule has 0 radical (unpaired) electrons. The summed E-state index contributed by atoms with van der Waals surface area (Å²) < 4.78 is 7.24. The predicted molar refractivity (Wildman–Crippen MR) is 113 cm³/mol. The lowest BCUT2D eigenvalue weighted by Gasteiger charge is -2.09. The van der Waals surface area contributed by atoms with Gasteiger partial charge in [0.05, 0.1) is 17.2 Å². The van der Waals surface area contributed by atoms with E-state index in [0.29, 0.717) is 24.1 Å². The van der Waals surface area contributed by atoms with E-state index in [1.54, 1.807) is 4.57 Å². The zero-order valence-electron chi connectivity index (χ0n) is 15.8. The van der Waals surface area contributed by atoms with Gasteiger partial charge in [-0.3, -0.25) is 14.2 Å². The van der Waals surface area contributed by atoms with Gasteiger partial charge in [0.2, 0.25) is 11.8 Å². The molecule has 0 aliphatic heterocycles. The second-order valence-corrected chi connectivity index (χ2v) is 8.03. The lowest BCUT2D eigenvalue weighted by Crippen LogP contribution is -2.29. The smallest absolute Gasteiger partial charge is 0.237 e. The summed E-state index contributed by atoms with van der Waals surface area (Å²) in [6.45, 7) is 2.71. The molecule has 152 valence electrons. The molecule has 2 heterocycles. The van der Waals surface area contributed by atoms with Gasteiger partial charge in [-0.15, -0.1) is 21.5 Å². The lowest BCUT2D eigenvalue weighted by molar-refractivity contribution is -0.119. The molecular formula is C19H21N5O3S2. The summed E-state index contributed by atoms with van der Waals surface area (Å²) >= 11 is 2.69. The van der Waals surface area contributed by atoms with E-state index in [1.807, 2.05) is 48.7 Å². The molecule has 0 saturated heterocycles. The Balaban J connectivity index is 1.50. The summed E-state index contributed by atoms with van der Waals surface area (Å²) in [5.41, 5.74) is 6.47. The van der Waals surface area contributed by atoms with Gasteiger partial charge in [-0.1, -0.05) is 30.0 Å². The van der Waals surface area contributed by atoms with Crippen LogP contribution in [0.1, 0.15) is 5.56 Å². The fourth-order valence-corrected chi connectivity index (χ4v) is 4.01. The van der Waals surface area contributed by atoms with Gasteiger partial charge in [-0.25, -0.2) is 0 Å². The molecule has 0 aliphatic carbocycles. The van der Waals surface area contributed by atoms with Crippen LogP contribution in [0.15, 0.2) is 46.9 Å². The first kappa shape index (κ1) is 20.9. The first-order chi connectivity index (χ1) is 14.0. The van der Waals surface area contributed by atoms with Crippen molar-refractivity contribution < 1.29 is 14.3 Å². The number of thiophene rings is 1. The summed E-state index contributed by atoms with van der Waals surface area (Å²) in [4.78, 5) is 24.4. The number of aryl methyl sites for hydroxylation is 1. The normalized spacial score (nSPS) is 10.7. The third kappa shape index (κ3) is 6.06. The minimum atomic E-state index is -0.498. The average molecular weight is 432 g/mol. The largest absolute Gasteiger partial charge is 0.492 e. The number of nitrogens with one attached hydrogen (secondary N) is 1. The molecule has 2 amide bonds. The first-order valence-electron chi connectivity index (χ1n) is 8.87. The molecule has 0 saturated carbocycles. The first-order valence-corrected chi connectivity index (χ1v) is 10.7. The summed E-state index contributed by atoms with van der Waals surface area (Å²) in [5, 5.41) is 13.4. The number of hydrogen-bond donors (Lipinski definition) is 2. The van der Waals surface area contributed by atoms with E-state index in [4.69, 9.17) is 10.5 Å². The van der Waals surface area contributed by atoms with E-state index in [-0.39, 0.29) is 18.2 Å². The maximum absolute atomic E-state index is 12.1. The van der Waals surface area contributed by atoms with Crippen molar-refractivity contribution in [3.63, 3.8) is 0 Å². The second-order valence-electron chi connectivity index (χ2n) is 6.14. The van der Waals surface area contributed by atoms with Crippen LogP contribution >= 0.6 is 23.1 Å². The van der Waals surface area contributed by atoms with Crippen molar-refractivity contribution in [1.29, 1.82) is 0 Å². The number of nitrogens with two attached hydrogens (primary N) is 1. The van der Waals surface area contributed by atoms with Crippen molar-refractivity contribution in [2.45, 2.75) is 18.6 Å². The molecule has 0 bridgehead atoms. The zero-order valence-corrected chi connectivity index (χ0v) is 17.5. The number of aromatic nitrogens is 3. The second kappa shape index (κ2) is 10.1. The van der Waals surface area contributed by atoms with Crippen LogP contribution in [0.5, 0.6) is 5.75 Å². The summed E-state index contributed by atoms with van der Waals surface area (Å²) in [7, 11) is 0. The molecule has 0 aliphatic rings. The molecule has 2 aromatic heterocycles. The van der Waals surface area contributed by atoms with Crippen LogP contribution < -0.4 is 15.8 Å². The molecule has 0 atom stereocenters. The van der Waals surface area contributed by atoms with E-state index in [2.05, 4.69) is 15.5 Å². The van der Waals surface area contributed by atoms with E-state index in [9.17, 15) is 9.59 Å². The molecule has 0 fully saturated rings. The van der Waals surface area contributed by atoms with Crippen molar-refractivity contribution in [3.05, 3.63) is 47.3 Å². The highest BCUT2D eigenvalue weighted by Gasteiger charge is 2.17. The van der Waals surface area contributed by atoms with Crippen molar-refractivity contribution in [2.24, 2.45) is 5.73 Å². The van der Waals surface area contributed by atoms with E-state index in [1.165, 1.54) is 23.1 Å². The van der Waals surface area contributed by atoms with E-state index < -0.39 is 5.91 Å². The fraction of sp³-hybridized carbons (Fsp3) is 0.263. The monoisotopic (exact) mass is 431 g/mol.